The van der Waals surface area contributed by atoms with Crippen LogP contribution in [0.1, 0.15) is 46.6 Å². The van der Waals surface area contributed by atoms with Crippen molar-refractivity contribution >= 4 is 0 Å². The van der Waals surface area contributed by atoms with Crippen LogP contribution in [0.4, 0.5) is 0 Å². The van der Waals surface area contributed by atoms with E-state index >= 15 is 0 Å². The van der Waals surface area contributed by atoms with Gasteiger partial charge in [-0.25, -0.2) is 0 Å². The predicted molar refractivity (Wildman–Crippen MR) is 63.4 cm³/mol. The molecule has 1 rings (SSSR count). The third-order valence-electron chi connectivity index (χ3n) is 1.89. The molecule has 0 atom stereocenters. The van der Waals surface area contributed by atoms with Gasteiger partial charge in [0.25, 0.3) is 0 Å². The minimum Gasteiger partial charge on any atom is -0.264 e. The predicted octanol–water partition coefficient (Wildman–Crippen LogP) is 4.09. The van der Waals surface area contributed by atoms with Gasteiger partial charge in [-0.05, 0) is 29.9 Å². The highest BCUT2D eigenvalue weighted by atomic mass is 14.6. The Bertz CT molecular complexity index is 221. The molecule has 0 spiro atoms. The summed E-state index contributed by atoms with van der Waals surface area (Å²) in [6.07, 6.45) is 6.13. The van der Waals surface area contributed by atoms with Gasteiger partial charge in [0.05, 0.1) is 0 Å². The lowest BCUT2D eigenvalue weighted by Crippen LogP contribution is -2.06. The standard InChI is InChI=1S/C11H17N.C2H6/c1-11(2,3)7-6-10-5-4-8-12-9-10;1-2/h4-5,8-9H,6-7H2,1-3H3;1-2H3. The van der Waals surface area contributed by atoms with Crippen LogP contribution in [-0.2, 0) is 6.42 Å². The van der Waals surface area contributed by atoms with Gasteiger partial charge < -0.3 is 0 Å². The van der Waals surface area contributed by atoms with E-state index in [0.717, 1.165) is 6.42 Å². The first-order chi connectivity index (χ1) is 6.58. The first kappa shape index (κ1) is 13.2. The Morgan fingerprint density at radius 1 is 1.21 bits per heavy atom. The van der Waals surface area contributed by atoms with Crippen molar-refractivity contribution < 1.29 is 0 Å². The summed E-state index contributed by atoms with van der Waals surface area (Å²) in [5.41, 5.74) is 1.77. The molecule has 0 aliphatic carbocycles. The SMILES string of the molecule is CC.CC(C)(C)CCc1cccnc1. The van der Waals surface area contributed by atoms with Gasteiger partial charge in [-0.3, -0.25) is 4.98 Å². The first-order valence-corrected chi connectivity index (χ1v) is 5.47. The van der Waals surface area contributed by atoms with Gasteiger partial charge >= 0.3 is 0 Å². The second-order valence-corrected chi connectivity index (χ2v) is 4.42. The van der Waals surface area contributed by atoms with Crippen LogP contribution in [-0.4, -0.2) is 4.98 Å². The molecule has 0 bridgehead atoms. The molecular formula is C13H23N. The minimum atomic E-state index is 0.426. The molecule has 1 nitrogen and oxygen atoms in total. The monoisotopic (exact) mass is 193 g/mol. The van der Waals surface area contributed by atoms with Gasteiger partial charge in [-0.1, -0.05) is 40.7 Å². The molecule has 1 aromatic rings. The van der Waals surface area contributed by atoms with Gasteiger partial charge in [0.15, 0.2) is 0 Å². The summed E-state index contributed by atoms with van der Waals surface area (Å²) < 4.78 is 0. The average Bonchev–Trinajstić information content (AvgIpc) is 2.19. The van der Waals surface area contributed by atoms with Crippen molar-refractivity contribution in [1.29, 1.82) is 0 Å². The van der Waals surface area contributed by atoms with E-state index in [4.69, 9.17) is 0 Å². The lowest BCUT2D eigenvalue weighted by atomic mass is 9.89. The van der Waals surface area contributed by atoms with Crippen LogP contribution in [0.5, 0.6) is 0 Å². The van der Waals surface area contributed by atoms with E-state index in [0.29, 0.717) is 5.41 Å². The van der Waals surface area contributed by atoms with Crippen LogP contribution >= 0.6 is 0 Å². The fraction of sp³-hybridized carbons (Fsp3) is 0.615. The fourth-order valence-corrected chi connectivity index (χ4v) is 1.07. The maximum atomic E-state index is 4.09. The van der Waals surface area contributed by atoms with E-state index in [1.807, 2.05) is 32.3 Å². The van der Waals surface area contributed by atoms with Gasteiger partial charge in [0.2, 0.25) is 0 Å². The smallest absolute Gasteiger partial charge is 0.0299 e. The number of aryl methyl sites for hydroxylation is 1. The Morgan fingerprint density at radius 2 is 1.86 bits per heavy atom. The highest BCUT2D eigenvalue weighted by Gasteiger charge is 2.09. The van der Waals surface area contributed by atoms with Crippen molar-refractivity contribution in [3.8, 4) is 0 Å². The van der Waals surface area contributed by atoms with E-state index in [-0.39, 0.29) is 0 Å². The van der Waals surface area contributed by atoms with E-state index in [9.17, 15) is 0 Å². The maximum Gasteiger partial charge on any atom is 0.0299 e. The molecule has 0 aromatic carbocycles. The molecule has 1 heterocycles. The highest BCUT2D eigenvalue weighted by Crippen LogP contribution is 2.20. The molecular weight excluding hydrogens is 170 g/mol. The Balaban J connectivity index is 0.000000791. The van der Waals surface area contributed by atoms with Crippen molar-refractivity contribution in [3.63, 3.8) is 0 Å². The summed E-state index contributed by atoms with van der Waals surface area (Å²) in [5, 5.41) is 0. The molecule has 1 aromatic heterocycles. The lowest BCUT2D eigenvalue weighted by molar-refractivity contribution is 0.378. The summed E-state index contributed by atoms with van der Waals surface area (Å²) in [7, 11) is 0. The molecule has 0 radical (unpaired) electrons. The zero-order valence-corrected chi connectivity index (χ0v) is 10.2. The second kappa shape index (κ2) is 6.58. The van der Waals surface area contributed by atoms with Crippen LogP contribution in [0.3, 0.4) is 0 Å². The Hall–Kier alpha value is -0.850. The largest absolute Gasteiger partial charge is 0.264 e. The first-order valence-electron chi connectivity index (χ1n) is 5.47. The van der Waals surface area contributed by atoms with Gasteiger partial charge in [-0.2, -0.15) is 0 Å². The van der Waals surface area contributed by atoms with Crippen molar-refractivity contribution in [2.75, 3.05) is 0 Å². The molecule has 0 saturated carbocycles. The Kier molecular flexibility index (Phi) is 6.18. The molecule has 0 N–H and O–H groups in total. The van der Waals surface area contributed by atoms with E-state index < -0.39 is 0 Å². The number of nitrogens with zero attached hydrogens (tertiary/aromatic N) is 1. The van der Waals surface area contributed by atoms with Crippen LogP contribution in [0.2, 0.25) is 0 Å². The second-order valence-electron chi connectivity index (χ2n) is 4.42. The summed E-state index contributed by atoms with van der Waals surface area (Å²) >= 11 is 0. The zero-order valence-electron chi connectivity index (χ0n) is 10.2. The van der Waals surface area contributed by atoms with Gasteiger partial charge in [0, 0.05) is 12.4 Å². The number of hydrogen-bond donors (Lipinski definition) is 0. The molecule has 0 fully saturated rings. The average molecular weight is 193 g/mol. The van der Waals surface area contributed by atoms with Crippen LogP contribution in [0, 0.1) is 5.41 Å². The topological polar surface area (TPSA) is 12.9 Å². The third-order valence-corrected chi connectivity index (χ3v) is 1.89. The number of rotatable bonds is 2. The van der Waals surface area contributed by atoms with Crippen molar-refractivity contribution in [2.45, 2.75) is 47.5 Å². The Morgan fingerprint density at radius 3 is 2.29 bits per heavy atom. The fourth-order valence-electron chi connectivity index (χ4n) is 1.07. The van der Waals surface area contributed by atoms with Crippen LogP contribution in [0.25, 0.3) is 0 Å². The van der Waals surface area contributed by atoms with E-state index in [1.54, 1.807) is 0 Å². The summed E-state index contributed by atoms with van der Waals surface area (Å²) in [5.74, 6) is 0. The number of aromatic nitrogens is 1. The Labute approximate surface area is 88.6 Å². The quantitative estimate of drug-likeness (QED) is 0.689. The molecule has 0 amide bonds. The van der Waals surface area contributed by atoms with Gasteiger partial charge in [0.1, 0.15) is 0 Å². The molecule has 0 saturated heterocycles. The number of pyridine rings is 1. The summed E-state index contributed by atoms with van der Waals surface area (Å²) in [6, 6.07) is 4.14. The molecule has 14 heavy (non-hydrogen) atoms. The van der Waals surface area contributed by atoms with Gasteiger partial charge in [-0.15, -0.1) is 0 Å². The van der Waals surface area contributed by atoms with Crippen molar-refractivity contribution in [3.05, 3.63) is 30.1 Å². The maximum absolute atomic E-state index is 4.09. The summed E-state index contributed by atoms with van der Waals surface area (Å²) in [4.78, 5) is 4.09. The molecule has 0 unspecified atom stereocenters. The van der Waals surface area contributed by atoms with Crippen molar-refractivity contribution in [1.82, 2.24) is 4.98 Å². The normalized spacial score (nSPS) is 10.4. The highest BCUT2D eigenvalue weighted by molar-refractivity contribution is 5.08. The van der Waals surface area contributed by atoms with E-state index in [2.05, 4.69) is 31.8 Å². The van der Waals surface area contributed by atoms with Crippen molar-refractivity contribution in [2.24, 2.45) is 5.41 Å². The lowest BCUT2D eigenvalue weighted by Gasteiger charge is -2.17. The molecule has 0 aliphatic rings. The minimum absolute atomic E-state index is 0.426. The number of hydrogen-bond acceptors (Lipinski definition) is 1. The van der Waals surface area contributed by atoms with Crippen LogP contribution < -0.4 is 0 Å². The molecule has 0 aliphatic heterocycles. The summed E-state index contributed by atoms with van der Waals surface area (Å²) in [6.45, 7) is 10.8. The molecule has 1 heteroatoms. The third kappa shape index (κ3) is 6.64. The zero-order chi connectivity index (χ0) is 11.0. The van der Waals surface area contributed by atoms with E-state index in [1.165, 1.54) is 12.0 Å². The molecule has 80 valence electrons. The van der Waals surface area contributed by atoms with Crippen LogP contribution in [0.15, 0.2) is 24.5 Å².